The van der Waals surface area contributed by atoms with Gasteiger partial charge in [-0.15, -0.1) is 0 Å². The zero-order chi connectivity index (χ0) is 27.8. The molecule has 1 aliphatic heterocycles. The Kier molecular flexibility index (Phi) is 7.66. The number of hydrogen-bond acceptors (Lipinski definition) is 5. The number of nitrogens with two attached hydrogens (primary N) is 1. The molecular weight excluding hydrogens is 625 g/mol. The number of anilines is 1. The van der Waals surface area contributed by atoms with Gasteiger partial charge in [0.15, 0.2) is 5.78 Å². The normalized spacial score (nSPS) is 17.3. The Balaban J connectivity index is 1.64. The van der Waals surface area contributed by atoms with Crippen LogP contribution in [-0.4, -0.2) is 5.78 Å². The summed E-state index contributed by atoms with van der Waals surface area (Å²) in [6, 6.07) is 18.6. The van der Waals surface area contributed by atoms with Gasteiger partial charge in [-0.25, -0.2) is 4.39 Å². The molecule has 3 aromatic carbocycles. The molecule has 1 heterocycles. The van der Waals surface area contributed by atoms with E-state index in [4.69, 9.17) is 10.5 Å². The molecule has 1 unspecified atom stereocenters. The Bertz CT molecular complexity index is 1590. The molecule has 0 fully saturated rings. The molecule has 1 aliphatic carbocycles. The van der Waals surface area contributed by atoms with Crippen LogP contribution in [0.2, 0.25) is 0 Å². The number of halogens is 3. The predicted octanol–water partition coefficient (Wildman–Crippen LogP) is 7.85. The minimum Gasteiger partial charge on any atom is -0.489 e. The topological polar surface area (TPSA) is 79.3 Å². The summed E-state index contributed by atoms with van der Waals surface area (Å²) < 4.78 is 22.8. The second kappa shape index (κ2) is 11.0. The molecule has 39 heavy (non-hydrogen) atoms. The maximum Gasteiger partial charge on any atom is 0.161 e. The van der Waals surface area contributed by atoms with Gasteiger partial charge in [-0.05, 0) is 85.8 Å². The number of ketones is 1. The lowest BCUT2D eigenvalue weighted by molar-refractivity contribution is -0.116. The highest BCUT2D eigenvalue weighted by Gasteiger charge is 2.41. The maximum absolute atomic E-state index is 15.2. The zero-order valence-electron chi connectivity index (χ0n) is 21.5. The van der Waals surface area contributed by atoms with Crippen molar-refractivity contribution in [1.29, 1.82) is 5.26 Å². The fourth-order valence-corrected chi connectivity index (χ4v) is 6.04. The summed E-state index contributed by atoms with van der Waals surface area (Å²) in [5.74, 6) is -0.297. The van der Waals surface area contributed by atoms with Crippen LogP contribution in [0.5, 0.6) is 5.75 Å². The van der Waals surface area contributed by atoms with E-state index in [1.54, 1.807) is 17.0 Å². The second-order valence-corrected chi connectivity index (χ2v) is 11.6. The number of carbonyl (C=O) groups excluding carboxylic acids is 1. The van der Waals surface area contributed by atoms with Crippen molar-refractivity contribution >= 4 is 43.3 Å². The molecule has 0 saturated heterocycles. The predicted molar refractivity (Wildman–Crippen MR) is 156 cm³/mol. The molecule has 2 N–H and O–H groups in total. The van der Waals surface area contributed by atoms with Crippen LogP contribution in [0.3, 0.4) is 0 Å². The van der Waals surface area contributed by atoms with Crippen molar-refractivity contribution < 1.29 is 13.9 Å². The molecule has 0 saturated carbocycles. The van der Waals surface area contributed by atoms with E-state index in [0.717, 1.165) is 32.5 Å². The summed E-state index contributed by atoms with van der Waals surface area (Å²) in [6.45, 7) is 4.29. The van der Waals surface area contributed by atoms with Crippen LogP contribution in [0.1, 0.15) is 47.4 Å². The summed E-state index contributed by atoms with van der Waals surface area (Å²) in [6.07, 6.45) is 1.55. The van der Waals surface area contributed by atoms with Crippen molar-refractivity contribution in [3.8, 4) is 11.8 Å². The summed E-state index contributed by atoms with van der Waals surface area (Å²) in [7, 11) is 0. The number of Topliss-reactive ketones (excluding diaryl/α,β-unsaturated/α-hetero) is 1. The third-order valence-electron chi connectivity index (χ3n) is 7.28. The first-order valence-electron chi connectivity index (χ1n) is 12.6. The third kappa shape index (κ3) is 5.13. The van der Waals surface area contributed by atoms with Gasteiger partial charge in [-0.2, -0.15) is 5.26 Å². The van der Waals surface area contributed by atoms with Crippen LogP contribution in [0.4, 0.5) is 10.1 Å². The van der Waals surface area contributed by atoms with Crippen LogP contribution < -0.4 is 15.4 Å². The fraction of sp³-hybridized carbons (Fsp3) is 0.226. The van der Waals surface area contributed by atoms with Crippen molar-refractivity contribution in [3.63, 3.8) is 0 Å². The number of nitrogens with zero attached hydrogens (tertiary/aromatic N) is 2. The molecule has 8 heteroatoms. The van der Waals surface area contributed by atoms with Crippen LogP contribution in [-0.2, 0) is 11.4 Å². The highest BCUT2D eigenvalue weighted by atomic mass is 79.9. The van der Waals surface area contributed by atoms with Gasteiger partial charge < -0.3 is 10.5 Å². The zero-order valence-corrected chi connectivity index (χ0v) is 24.7. The van der Waals surface area contributed by atoms with Gasteiger partial charge in [0.1, 0.15) is 24.0 Å². The molecular formula is C31H26Br2FN3O2. The van der Waals surface area contributed by atoms with Gasteiger partial charge >= 0.3 is 0 Å². The first kappa shape index (κ1) is 27.2. The Labute approximate surface area is 244 Å². The number of carbonyl (C=O) groups is 1. The summed E-state index contributed by atoms with van der Waals surface area (Å²) in [5.41, 5.74) is 12.0. The minimum absolute atomic E-state index is 0.0439. The number of aryl methyl sites for hydroxylation is 1. The van der Waals surface area contributed by atoms with Crippen molar-refractivity contribution in [3.05, 3.63) is 114 Å². The molecule has 5 nitrogen and oxygen atoms in total. The second-order valence-electron chi connectivity index (χ2n) is 9.79. The van der Waals surface area contributed by atoms with Crippen molar-refractivity contribution in [2.45, 2.75) is 45.6 Å². The van der Waals surface area contributed by atoms with Gasteiger partial charge in [0.05, 0.1) is 23.2 Å². The molecule has 0 bridgehead atoms. The van der Waals surface area contributed by atoms with Crippen LogP contribution in [0.25, 0.3) is 0 Å². The maximum atomic E-state index is 15.2. The number of hydrogen-bond donors (Lipinski definition) is 1. The van der Waals surface area contributed by atoms with Gasteiger partial charge in [0, 0.05) is 26.6 Å². The van der Waals surface area contributed by atoms with E-state index in [1.807, 2.05) is 44.2 Å². The van der Waals surface area contributed by atoms with E-state index < -0.39 is 11.7 Å². The first-order chi connectivity index (χ1) is 18.7. The standard InChI is InChI=1S/C31H26Br2FN3O2/c1-17-12-19(16-39-22-9-6-20(32)7-10-22)18(2)23(13-17)29-24(15-35)31(36)37(26-11-8-21(33)14-25(26)34)27-4-3-5-28(38)30(27)29/h6-14,29H,3-5,16,36H2,1-2H3. The molecule has 198 valence electrons. The summed E-state index contributed by atoms with van der Waals surface area (Å²) >= 11 is 6.74. The number of ether oxygens (including phenoxy) is 1. The monoisotopic (exact) mass is 649 g/mol. The molecule has 5 rings (SSSR count). The average molecular weight is 651 g/mol. The number of nitriles is 1. The van der Waals surface area contributed by atoms with E-state index in [1.165, 1.54) is 6.07 Å². The number of rotatable bonds is 5. The van der Waals surface area contributed by atoms with Gasteiger partial charge in [-0.3, -0.25) is 9.69 Å². The summed E-state index contributed by atoms with van der Waals surface area (Å²) in [4.78, 5) is 15.1. The third-order valence-corrected chi connectivity index (χ3v) is 8.30. The van der Waals surface area contributed by atoms with Gasteiger partial charge in [0.2, 0.25) is 0 Å². The minimum atomic E-state index is -0.640. The Morgan fingerprint density at radius 2 is 1.79 bits per heavy atom. The fourth-order valence-electron chi connectivity index (χ4n) is 5.44. The van der Waals surface area contributed by atoms with E-state index in [9.17, 15) is 10.1 Å². The van der Waals surface area contributed by atoms with Crippen molar-refractivity contribution in [2.24, 2.45) is 5.73 Å². The molecule has 2 aliphatic rings. The highest BCUT2D eigenvalue weighted by Crippen LogP contribution is 2.48. The van der Waals surface area contributed by atoms with Crippen LogP contribution in [0, 0.1) is 31.0 Å². The van der Waals surface area contributed by atoms with Crippen LogP contribution in [0.15, 0.2) is 86.2 Å². The molecule has 0 amide bonds. The van der Waals surface area contributed by atoms with Crippen molar-refractivity contribution in [2.75, 3.05) is 4.90 Å². The van der Waals surface area contributed by atoms with Gasteiger partial charge in [0.25, 0.3) is 0 Å². The van der Waals surface area contributed by atoms with E-state index in [-0.39, 0.29) is 22.9 Å². The smallest absolute Gasteiger partial charge is 0.161 e. The molecule has 0 spiro atoms. The number of allylic oxidation sites excluding steroid dienone is 3. The quantitative estimate of drug-likeness (QED) is 0.304. The lowest BCUT2D eigenvalue weighted by Gasteiger charge is -2.40. The highest BCUT2D eigenvalue weighted by molar-refractivity contribution is 9.10. The first-order valence-corrected chi connectivity index (χ1v) is 14.2. The Morgan fingerprint density at radius 1 is 1.08 bits per heavy atom. The largest absolute Gasteiger partial charge is 0.489 e. The SMILES string of the molecule is Cc1cc(COc2ccc(Br)cc2)c(C)c(C2C(C#N)=C(N)N(c3ccc(Br)cc3F)C3=C2C(=O)CCC3)c1. The van der Waals surface area contributed by atoms with E-state index in [0.29, 0.717) is 41.6 Å². The summed E-state index contributed by atoms with van der Waals surface area (Å²) in [5, 5.41) is 10.4. The van der Waals surface area contributed by atoms with E-state index >= 15 is 4.39 Å². The Hall–Kier alpha value is -3.41. The molecule has 0 radical (unpaired) electrons. The molecule has 0 aromatic heterocycles. The van der Waals surface area contributed by atoms with Crippen LogP contribution >= 0.6 is 31.9 Å². The molecule has 3 aromatic rings. The lowest BCUT2D eigenvalue weighted by Crippen LogP contribution is -2.39. The number of benzene rings is 3. The van der Waals surface area contributed by atoms with Crippen molar-refractivity contribution in [1.82, 2.24) is 0 Å². The van der Waals surface area contributed by atoms with Gasteiger partial charge in [-0.1, -0.05) is 49.6 Å². The molecule has 1 atom stereocenters. The lowest BCUT2D eigenvalue weighted by atomic mass is 9.73. The average Bonchev–Trinajstić information content (AvgIpc) is 2.90. The van der Waals surface area contributed by atoms with E-state index in [2.05, 4.69) is 44.0 Å². The Morgan fingerprint density at radius 3 is 2.49 bits per heavy atom.